The molecule has 1 aromatic carbocycles. The van der Waals surface area contributed by atoms with Gasteiger partial charge in [-0.25, -0.2) is 13.2 Å². The summed E-state index contributed by atoms with van der Waals surface area (Å²) < 4.78 is 39.7. The van der Waals surface area contributed by atoms with E-state index in [1.54, 1.807) is 0 Å². The number of halogens is 4. The van der Waals surface area contributed by atoms with Crippen LogP contribution in [-0.4, -0.2) is 24.5 Å². The highest BCUT2D eigenvalue weighted by Gasteiger charge is 2.26. The van der Waals surface area contributed by atoms with Gasteiger partial charge in [-0.1, -0.05) is 0 Å². The van der Waals surface area contributed by atoms with Crippen LogP contribution in [-0.2, 0) is 0 Å². The van der Waals surface area contributed by atoms with Crippen molar-refractivity contribution in [1.29, 1.82) is 0 Å². The van der Waals surface area contributed by atoms with E-state index < -0.39 is 28.9 Å². The van der Waals surface area contributed by atoms with E-state index >= 15 is 0 Å². The van der Waals surface area contributed by atoms with Crippen LogP contribution in [0.4, 0.5) is 13.2 Å². The highest BCUT2D eigenvalue weighted by molar-refractivity contribution is 5.95. The number of hydrogen-bond donors (Lipinski definition) is 2. The Bertz CT molecular complexity index is 475. The third-order valence-corrected chi connectivity index (χ3v) is 3.31. The normalized spacial score (nSPS) is 22.0. The molecule has 0 spiro atoms. The minimum atomic E-state index is -1.19. The molecule has 0 radical (unpaired) electrons. The second-order valence-electron chi connectivity index (χ2n) is 4.71. The number of nitrogens with one attached hydrogen (secondary N) is 2. The highest BCUT2D eigenvalue weighted by atomic mass is 35.5. The van der Waals surface area contributed by atoms with Crippen molar-refractivity contribution < 1.29 is 18.0 Å². The van der Waals surface area contributed by atoms with E-state index in [4.69, 9.17) is 0 Å². The lowest BCUT2D eigenvalue weighted by Crippen LogP contribution is -2.52. The standard InChI is InChI=1S/C13H15F3N2O.ClH/c1-7-11(3-2-4-17-7)18-13(19)12-9(15)5-8(14)6-10(12)16;/h5-7,11,17H,2-4H2,1H3,(H,18,19);1H. The van der Waals surface area contributed by atoms with Gasteiger partial charge in [0.05, 0.1) is 0 Å². The van der Waals surface area contributed by atoms with Crippen molar-refractivity contribution in [2.24, 2.45) is 0 Å². The molecule has 1 heterocycles. The monoisotopic (exact) mass is 308 g/mol. The fourth-order valence-electron chi connectivity index (χ4n) is 2.24. The summed E-state index contributed by atoms with van der Waals surface area (Å²) in [5, 5.41) is 5.75. The van der Waals surface area contributed by atoms with Gasteiger partial charge in [-0.05, 0) is 26.3 Å². The summed E-state index contributed by atoms with van der Waals surface area (Å²) in [5.41, 5.74) is -0.737. The molecule has 2 unspecified atom stereocenters. The van der Waals surface area contributed by atoms with Gasteiger partial charge in [-0.3, -0.25) is 4.79 Å². The van der Waals surface area contributed by atoms with Gasteiger partial charge >= 0.3 is 0 Å². The average Bonchev–Trinajstić information content (AvgIpc) is 2.30. The van der Waals surface area contributed by atoms with Crippen molar-refractivity contribution in [3.05, 3.63) is 35.1 Å². The molecule has 0 aromatic heterocycles. The van der Waals surface area contributed by atoms with Crippen molar-refractivity contribution >= 4 is 18.3 Å². The summed E-state index contributed by atoms with van der Waals surface area (Å²) in [7, 11) is 0. The van der Waals surface area contributed by atoms with Crippen LogP contribution in [0, 0.1) is 17.5 Å². The quantitative estimate of drug-likeness (QED) is 0.881. The van der Waals surface area contributed by atoms with Gasteiger partial charge < -0.3 is 10.6 Å². The van der Waals surface area contributed by atoms with Crippen molar-refractivity contribution in [1.82, 2.24) is 10.6 Å². The molecule has 1 aromatic rings. The van der Waals surface area contributed by atoms with Crippen molar-refractivity contribution in [3.8, 4) is 0 Å². The van der Waals surface area contributed by atoms with Crippen molar-refractivity contribution in [3.63, 3.8) is 0 Å². The summed E-state index contributed by atoms with van der Waals surface area (Å²) in [6, 6.07) is 0.843. The number of carbonyl (C=O) groups excluding carboxylic acids is 1. The first-order valence-corrected chi connectivity index (χ1v) is 6.18. The third-order valence-electron chi connectivity index (χ3n) is 3.31. The zero-order valence-corrected chi connectivity index (χ0v) is 11.7. The molecule has 0 saturated carbocycles. The van der Waals surface area contributed by atoms with Gasteiger partial charge in [0.1, 0.15) is 23.0 Å². The van der Waals surface area contributed by atoms with Crippen LogP contribution in [0.25, 0.3) is 0 Å². The molecule has 2 N–H and O–H groups in total. The first kappa shape index (κ1) is 16.8. The Morgan fingerprint density at radius 3 is 2.45 bits per heavy atom. The summed E-state index contributed by atoms with van der Waals surface area (Å²) in [6.07, 6.45) is 1.62. The van der Waals surface area contributed by atoms with E-state index in [2.05, 4.69) is 10.6 Å². The Morgan fingerprint density at radius 2 is 1.90 bits per heavy atom. The van der Waals surface area contributed by atoms with Crippen LogP contribution in [0.15, 0.2) is 12.1 Å². The maximum Gasteiger partial charge on any atom is 0.257 e. The molecule has 2 rings (SSSR count). The lowest BCUT2D eigenvalue weighted by Gasteiger charge is -2.30. The lowest BCUT2D eigenvalue weighted by atomic mass is 9.99. The van der Waals surface area contributed by atoms with Gasteiger partial charge in [0.2, 0.25) is 0 Å². The van der Waals surface area contributed by atoms with Crippen molar-refractivity contribution in [2.75, 3.05) is 6.54 Å². The third kappa shape index (κ3) is 3.64. The minimum Gasteiger partial charge on any atom is -0.348 e. The molecule has 3 nitrogen and oxygen atoms in total. The van der Waals surface area contributed by atoms with Crippen LogP contribution in [0.3, 0.4) is 0 Å². The van der Waals surface area contributed by atoms with E-state index in [1.165, 1.54) is 0 Å². The van der Waals surface area contributed by atoms with E-state index in [1.807, 2.05) is 6.92 Å². The van der Waals surface area contributed by atoms with Crippen LogP contribution in [0.2, 0.25) is 0 Å². The summed E-state index contributed by atoms with van der Waals surface area (Å²) >= 11 is 0. The lowest BCUT2D eigenvalue weighted by molar-refractivity contribution is 0.0911. The predicted octanol–water partition coefficient (Wildman–Crippen LogP) is 2.40. The molecule has 1 aliphatic heterocycles. The largest absolute Gasteiger partial charge is 0.348 e. The van der Waals surface area contributed by atoms with Crippen LogP contribution >= 0.6 is 12.4 Å². The van der Waals surface area contributed by atoms with Gasteiger partial charge in [-0.15, -0.1) is 12.4 Å². The summed E-state index contributed by atoms with van der Waals surface area (Å²) in [6.45, 7) is 2.74. The van der Waals surface area contributed by atoms with E-state index in [-0.39, 0.29) is 24.5 Å². The Hall–Kier alpha value is -1.27. The molecule has 7 heteroatoms. The van der Waals surface area contributed by atoms with Gasteiger partial charge in [0.15, 0.2) is 0 Å². The van der Waals surface area contributed by atoms with Gasteiger partial charge in [-0.2, -0.15) is 0 Å². The topological polar surface area (TPSA) is 41.1 Å². The van der Waals surface area contributed by atoms with E-state index in [0.717, 1.165) is 19.4 Å². The Kier molecular flexibility index (Phi) is 5.83. The first-order chi connectivity index (χ1) is 8.99. The number of hydrogen-bond acceptors (Lipinski definition) is 2. The second-order valence-corrected chi connectivity index (χ2v) is 4.71. The molecule has 20 heavy (non-hydrogen) atoms. The predicted molar refractivity (Wildman–Crippen MR) is 71.5 cm³/mol. The van der Waals surface area contributed by atoms with Gasteiger partial charge in [0.25, 0.3) is 5.91 Å². The highest BCUT2D eigenvalue weighted by Crippen LogP contribution is 2.16. The molecular weight excluding hydrogens is 293 g/mol. The number of amides is 1. The fourth-order valence-corrected chi connectivity index (χ4v) is 2.24. The molecular formula is C13H16ClF3N2O. The van der Waals surface area contributed by atoms with Crippen LogP contribution < -0.4 is 10.6 Å². The number of carbonyl (C=O) groups is 1. The zero-order valence-electron chi connectivity index (χ0n) is 10.9. The first-order valence-electron chi connectivity index (χ1n) is 6.18. The molecule has 112 valence electrons. The summed E-state index contributed by atoms with van der Waals surface area (Å²) in [5.74, 6) is -4.27. The van der Waals surface area contributed by atoms with Crippen LogP contribution in [0.5, 0.6) is 0 Å². The Labute approximate surface area is 121 Å². The second kappa shape index (κ2) is 6.95. The van der Waals surface area contributed by atoms with Crippen molar-refractivity contribution in [2.45, 2.75) is 31.8 Å². The molecule has 2 atom stereocenters. The smallest absolute Gasteiger partial charge is 0.257 e. The van der Waals surface area contributed by atoms with E-state index in [0.29, 0.717) is 12.1 Å². The van der Waals surface area contributed by atoms with Crippen LogP contribution in [0.1, 0.15) is 30.1 Å². The number of rotatable bonds is 2. The SMILES string of the molecule is CC1NCCCC1NC(=O)c1c(F)cc(F)cc1F.Cl. The van der Waals surface area contributed by atoms with Gasteiger partial charge in [0, 0.05) is 24.2 Å². The molecule has 0 aliphatic carbocycles. The summed E-state index contributed by atoms with van der Waals surface area (Å²) in [4.78, 5) is 11.9. The Morgan fingerprint density at radius 1 is 1.30 bits per heavy atom. The molecule has 1 saturated heterocycles. The molecule has 1 amide bonds. The number of benzene rings is 1. The molecule has 1 aliphatic rings. The fraction of sp³-hybridized carbons (Fsp3) is 0.462. The van der Waals surface area contributed by atoms with E-state index in [9.17, 15) is 18.0 Å². The average molecular weight is 309 g/mol. The molecule has 1 fully saturated rings. The Balaban J connectivity index is 0.00000200. The number of piperidine rings is 1. The molecule has 0 bridgehead atoms. The maximum absolute atomic E-state index is 13.5. The minimum absolute atomic E-state index is 0. The zero-order chi connectivity index (χ0) is 14.0. The maximum atomic E-state index is 13.5.